The van der Waals surface area contributed by atoms with E-state index in [0.717, 1.165) is 16.7 Å². The summed E-state index contributed by atoms with van der Waals surface area (Å²) in [6.07, 6.45) is -0.00899. The van der Waals surface area contributed by atoms with E-state index in [1.54, 1.807) is 24.3 Å². The Morgan fingerprint density at radius 1 is 0.510 bits per heavy atom. The Morgan fingerprint density at radius 3 is 1.31 bits per heavy atom. The van der Waals surface area contributed by atoms with Crippen LogP contribution in [0.5, 0.6) is 0 Å². The molecule has 1 unspecified atom stereocenters. The second-order valence-corrected chi connectivity index (χ2v) is 11.1. The average molecular weight is 677 g/mol. The van der Waals surface area contributed by atoms with Crippen molar-refractivity contribution in [2.75, 3.05) is 13.1 Å². The molecule has 0 radical (unpaired) electrons. The van der Waals surface area contributed by atoms with Crippen molar-refractivity contribution < 1.29 is 43.3 Å². The molecule has 13 nitrogen and oxygen atoms in total. The quantitative estimate of drug-likeness (QED) is 0.0809. The zero-order valence-electron chi connectivity index (χ0n) is 27.3. The summed E-state index contributed by atoms with van der Waals surface area (Å²) in [6, 6.07) is 25.2. The van der Waals surface area contributed by atoms with Crippen molar-refractivity contribution in [3.8, 4) is 0 Å². The molecule has 262 valence electrons. The van der Waals surface area contributed by atoms with Crippen LogP contribution in [0.1, 0.15) is 55.2 Å². The van der Waals surface area contributed by atoms with Gasteiger partial charge in [-0.25, -0.2) is 19.2 Å². The summed E-state index contributed by atoms with van der Waals surface area (Å²) in [4.78, 5) is 61.8. The Balaban J connectivity index is 1.43. The molecule has 0 aliphatic carbocycles. The number of amides is 4. The molecule has 0 bridgehead atoms. The minimum atomic E-state index is -1.23. The monoisotopic (exact) mass is 676 g/mol. The van der Waals surface area contributed by atoms with Gasteiger partial charge in [0.1, 0.15) is 31.9 Å². The second-order valence-electron chi connectivity index (χ2n) is 11.1. The van der Waals surface area contributed by atoms with Crippen LogP contribution in [-0.4, -0.2) is 60.4 Å². The highest BCUT2D eigenvalue weighted by Gasteiger charge is 2.26. The molecule has 3 aromatic carbocycles. The van der Waals surface area contributed by atoms with Crippen molar-refractivity contribution in [2.45, 2.75) is 70.4 Å². The van der Waals surface area contributed by atoms with Crippen molar-refractivity contribution in [2.24, 2.45) is 0 Å². The molecule has 0 aliphatic rings. The summed E-state index contributed by atoms with van der Waals surface area (Å²) in [5.74, 6) is -1.91. The number of hydrogen-bond donors (Lipinski definition) is 5. The van der Waals surface area contributed by atoms with Gasteiger partial charge in [0.2, 0.25) is 5.91 Å². The van der Waals surface area contributed by atoms with Gasteiger partial charge in [-0.15, -0.1) is 0 Å². The molecule has 3 rings (SSSR count). The zero-order valence-corrected chi connectivity index (χ0v) is 27.3. The summed E-state index contributed by atoms with van der Waals surface area (Å²) in [7, 11) is 0. The number of ether oxygens (including phenoxy) is 3. The van der Waals surface area contributed by atoms with Crippen LogP contribution in [-0.2, 0) is 43.6 Å². The van der Waals surface area contributed by atoms with Crippen molar-refractivity contribution in [3.63, 3.8) is 0 Å². The van der Waals surface area contributed by atoms with E-state index in [1.807, 2.05) is 66.7 Å². The van der Waals surface area contributed by atoms with Crippen LogP contribution in [0.15, 0.2) is 91.0 Å². The minimum absolute atomic E-state index is 0.0123. The van der Waals surface area contributed by atoms with Crippen LogP contribution >= 0.6 is 0 Å². The van der Waals surface area contributed by atoms with Crippen LogP contribution in [0, 0.1) is 0 Å². The number of nitrogens with one attached hydrogen (secondary N) is 4. The molecule has 0 spiro atoms. The fourth-order valence-electron chi connectivity index (χ4n) is 4.58. The van der Waals surface area contributed by atoms with E-state index in [-0.39, 0.29) is 45.8 Å². The third-order valence-corrected chi connectivity index (χ3v) is 7.24. The van der Waals surface area contributed by atoms with Crippen molar-refractivity contribution in [1.29, 1.82) is 0 Å². The van der Waals surface area contributed by atoms with Gasteiger partial charge in [-0.1, -0.05) is 91.0 Å². The van der Waals surface area contributed by atoms with Gasteiger partial charge in [-0.3, -0.25) is 4.79 Å². The normalized spacial score (nSPS) is 11.7. The lowest BCUT2D eigenvalue weighted by molar-refractivity contribution is -0.142. The lowest BCUT2D eigenvalue weighted by Crippen LogP contribution is -2.51. The van der Waals surface area contributed by atoms with Crippen LogP contribution in [0.2, 0.25) is 0 Å². The molecular formula is C36H44N4O9. The van der Waals surface area contributed by atoms with Crippen molar-refractivity contribution >= 4 is 30.2 Å². The number of carbonyl (C=O) groups is 5. The average Bonchev–Trinajstić information content (AvgIpc) is 3.12. The van der Waals surface area contributed by atoms with Crippen molar-refractivity contribution in [1.82, 2.24) is 21.3 Å². The van der Waals surface area contributed by atoms with E-state index in [1.165, 1.54) is 0 Å². The highest BCUT2D eigenvalue weighted by molar-refractivity contribution is 5.89. The smallest absolute Gasteiger partial charge is 0.408 e. The lowest BCUT2D eigenvalue weighted by atomic mass is 10.1. The summed E-state index contributed by atoms with van der Waals surface area (Å²) in [6.45, 7) is 0.784. The zero-order chi connectivity index (χ0) is 35.1. The van der Waals surface area contributed by atoms with E-state index < -0.39 is 42.2 Å². The van der Waals surface area contributed by atoms with Gasteiger partial charge in [-0.05, 0) is 55.2 Å². The van der Waals surface area contributed by atoms with Gasteiger partial charge in [-0.2, -0.15) is 0 Å². The van der Waals surface area contributed by atoms with Gasteiger partial charge in [0.25, 0.3) is 0 Å². The SMILES string of the molecule is O=C(NCCCCC(NC(=O)OCc1ccccc1)C(=O)N[C@@H](CCCCNC(=O)OCc1ccccc1)C(=O)O)OCc1ccccc1. The van der Waals surface area contributed by atoms with Crippen LogP contribution < -0.4 is 21.3 Å². The molecular weight excluding hydrogens is 632 g/mol. The molecule has 0 aromatic heterocycles. The van der Waals surface area contributed by atoms with Crippen LogP contribution in [0.4, 0.5) is 14.4 Å². The van der Waals surface area contributed by atoms with E-state index in [2.05, 4.69) is 21.3 Å². The topological polar surface area (TPSA) is 181 Å². The molecule has 49 heavy (non-hydrogen) atoms. The maximum atomic E-state index is 13.2. The Kier molecular flexibility index (Phi) is 17.1. The number of unbranched alkanes of at least 4 members (excludes halogenated alkanes) is 2. The summed E-state index contributed by atoms with van der Waals surface area (Å²) in [5, 5.41) is 20.1. The number of aliphatic carboxylic acids is 1. The molecule has 13 heteroatoms. The van der Waals surface area contributed by atoms with Gasteiger partial charge in [0.05, 0.1) is 0 Å². The largest absolute Gasteiger partial charge is 0.480 e. The molecule has 0 saturated heterocycles. The molecule has 0 fully saturated rings. The number of hydrogen-bond acceptors (Lipinski definition) is 8. The maximum absolute atomic E-state index is 13.2. The van der Waals surface area contributed by atoms with Gasteiger partial charge in [0.15, 0.2) is 0 Å². The highest BCUT2D eigenvalue weighted by Crippen LogP contribution is 2.08. The lowest BCUT2D eigenvalue weighted by Gasteiger charge is -2.21. The summed E-state index contributed by atoms with van der Waals surface area (Å²) >= 11 is 0. The fourth-order valence-corrected chi connectivity index (χ4v) is 4.58. The first kappa shape index (κ1) is 37.9. The van der Waals surface area contributed by atoms with Gasteiger partial charge < -0.3 is 40.6 Å². The summed E-state index contributed by atoms with van der Waals surface area (Å²) < 4.78 is 15.6. The standard InChI is InChI=1S/C36H44N4O9/c41-32(39-31(33(42)43)21-11-13-23-38-35(45)48-25-28-16-6-2-7-17-28)30(40-36(46)49-26-29-18-8-3-9-19-29)20-10-12-22-37-34(44)47-24-27-14-4-1-5-15-27/h1-9,14-19,30-31H,10-13,20-26H2,(H,37,44)(H,38,45)(H,39,41)(H,40,46)(H,42,43)/t30?,31-/m0/s1. The van der Waals surface area contributed by atoms with Gasteiger partial charge in [0, 0.05) is 13.1 Å². The van der Waals surface area contributed by atoms with E-state index >= 15 is 0 Å². The first-order valence-electron chi connectivity index (χ1n) is 16.2. The van der Waals surface area contributed by atoms with Gasteiger partial charge >= 0.3 is 24.2 Å². The van der Waals surface area contributed by atoms with E-state index in [0.29, 0.717) is 25.7 Å². The predicted octanol–water partition coefficient (Wildman–Crippen LogP) is 5.04. The number of benzene rings is 3. The van der Waals surface area contributed by atoms with E-state index in [4.69, 9.17) is 14.2 Å². The summed E-state index contributed by atoms with van der Waals surface area (Å²) in [5.41, 5.74) is 2.46. The third kappa shape index (κ3) is 16.2. The Morgan fingerprint density at radius 2 is 0.898 bits per heavy atom. The second kappa shape index (κ2) is 22.1. The maximum Gasteiger partial charge on any atom is 0.408 e. The molecule has 0 heterocycles. The molecule has 2 atom stereocenters. The van der Waals surface area contributed by atoms with Crippen LogP contribution in [0.3, 0.4) is 0 Å². The third-order valence-electron chi connectivity index (χ3n) is 7.24. The first-order valence-corrected chi connectivity index (χ1v) is 16.2. The van der Waals surface area contributed by atoms with Crippen molar-refractivity contribution in [3.05, 3.63) is 108 Å². The number of alkyl carbamates (subject to hydrolysis) is 3. The Bertz CT molecular complexity index is 1440. The first-order chi connectivity index (χ1) is 23.8. The Hall–Kier alpha value is -5.59. The Labute approximate surface area is 285 Å². The number of carbonyl (C=O) groups excluding carboxylic acids is 4. The van der Waals surface area contributed by atoms with E-state index in [9.17, 15) is 29.1 Å². The molecule has 0 saturated carbocycles. The number of carboxylic acids is 1. The molecule has 5 N–H and O–H groups in total. The predicted molar refractivity (Wildman–Crippen MR) is 180 cm³/mol. The molecule has 3 aromatic rings. The number of carboxylic acid groups (broad SMARTS) is 1. The minimum Gasteiger partial charge on any atom is -0.480 e. The molecule has 0 aliphatic heterocycles. The van der Waals surface area contributed by atoms with Crippen LogP contribution in [0.25, 0.3) is 0 Å². The number of rotatable bonds is 20. The highest BCUT2D eigenvalue weighted by atomic mass is 16.6. The molecule has 4 amide bonds. The fraction of sp³-hybridized carbons (Fsp3) is 0.361.